The first-order valence-electron chi connectivity index (χ1n) is 8.00. The van der Waals surface area contributed by atoms with E-state index in [0.717, 1.165) is 6.54 Å². The molecule has 2 rings (SSSR count). The SMILES string of the molecule is CCCNC(C)c1ccc(Br)cc1N1CCCCCC1. The fourth-order valence-corrected chi connectivity index (χ4v) is 3.29. The van der Waals surface area contributed by atoms with E-state index >= 15 is 0 Å². The molecule has 2 nitrogen and oxygen atoms in total. The van der Waals surface area contributed by atoms with Crippen LogP contribution in [0.2, 0.25) is 0 Å². The van der Waals surface area contributed by atoms with Crippen LogP contribution in [-0.2, 0) is 0 Å². The molecule has 1 aromatic rings. The first-order chi connectivity index (χ1) is 9.72. The van der Waals surface area contributed by atoms with Crippen LogP contribution < -0.4 is 10.2 Å². The van der Waals surface area contributed by atoms with Crippen molar-refractivity contribution < 1.29 is 0 Å². The number of rotatable bonds is 5. The molecule has 1 aliphatic rings. The number of nitrogens with one attached hydrogen (secondary N) is 1. The zero-order valence-electron chi connectivity index (χ0n) is 12.8. The fourth-order valence-electron chi connectivity index (χ4n) is 2.94. The minimum atomic E-state index is 0.418. The second-order valence-corrected chi connectivity index (χ2v) is 6.70. The number of anilines is 1. The van der Waals surface area contributed by atoms with Crippen LogP contribution in [0.15, 0.2) is 22.7 Å². The Morgan fingerprint density at radius 2 is 1.90 bits per heavy atom. The molecule has 0 radical (unpaired) electrons. The Morgan fingerprint density at radius 1 is 1.20 bits per heavy atom. The molecule has 0 bridgehead atoms. The standard InChI is InChI=1S/C17H27BrN2/c1-3-10-19-14(2)16-9-8-15(18)13-17(16)20-11-6-4-5-7-12-20/h8-9,13-14,19H,3-7,10-12H2,1-2H3. The Morgan fingerprint density at radius 3 is 2.55 bits per heavy atom. The van der Waals surface area contributed by atoms with Crippen molar-refractivity contribution in [1.29, 1.82) is 0 Å². The second kappa shape index (κ2) is 8.04. The van der Waals surface area contributed by atoms with Gasteiger partial charge in [-0.2, -0.15) is 0 Å². The number of hydrogen-bond donors (Lipinski definition) is 1. The van der Waals surface area contributed by atoms with Gasteiger partial charge in [0.15, 0.2) is 0 Å². The molecule has 20 heavy (non-hydrogen) atoms. The largest absolute Gasteiger partial charge is 0.371 e. The Hall–Kier alpha value is -0.540. The van der Waals surface area contributed by atoms with Gasteiger partial charge in [-0.1, -0.05) is 41.8 Å². The average molecular weight is 339 g/mol. The van der Waals surface area contributed by atoms with Crippen LogP contribution in [0.5, 0.6) is 0 Å². The van der Waals surface area contributed by atoms with Crippen molar-refractivity contribution >= 4 is 21.6 Å². The predicted molar refractivity (Wildman–Crippen MR) is 91.5 cm³/mol. The van der Waals surface area contributed by atoms with Gasteiger partial charge in [-0.05, 0) is 50.4 Å². The third kappa shape index (κ3) is 4.23. The van der Waals surface area contributed by atoms with E-state index in [-0.39, 0.29) is 0 Å². The molecule has 0 aliphatic carbocycles. The number of nitrogens with zero attached hydrogens (tertiary/aromatic N) is 1. The topological polar surface area (TPSA) is 15.3 Å². The van der Waals surface area contributed by atoms with Gasteiger partial charge in [0.1, 0.15) is 0 Å². The third-order valence-electron chi connectivity index (χ3n) is 4.11. The Labute approximate surface area is 132 Å². The van der Waals surface area contributed by atoms with Crippen LogP contribution in [-0.4, -0.2) is 19.6 Å². The summed E-state index contributed by atoms with van der Waals surface area (Å²) in [6.45, 7) is 7.97. The van der Waals surface area contributed by atoms with Gasteiger partial charge in [-0.25, -0.2) is 0 Å². The molecule has 1 unspecified atom stereocenters. The molecule has 1 fully saturated rings. The zero-order chi connectivity index (χ0) is 14.4. The van der Waals surface area contributed by atoms with Gasteiger partial charge in [-0.3, -0.25) is 0 Å². The highest BCUT2D eigenvalue weighted by molar-refractivity contribution is 9.10. The molecule has 0 spiro atoms. The lowest BCUT2D eigenvalue weighted by atomic mass is 10.0. The molecular formula is C17H27BrN2. The van der Waals surface area contributed by atoms with E-state index in [1.165, 1.54) is 60.9 Å². The lowest BCUT2D eigenvalue weighted by molar-refractivity contribution is 0.569. The first-order valence-corrected chi connectivity index (χ1v) is 8.79. The summed E-state index contributed by atoms with van der Waals surface area (Å²) >= 11 is 3.64. The summed E-state index contributed by atoms with van der Waals surface area (Å²) in [5.74, 6) is 0. The van der Waals surface area contributed by atoms with Crippen molar-refractivity contribution in [3.63, 3.8) is 0 Å². The summed E-state index contributed by atoms with van der Waals surface area (Å²) in [5, 5.41) is 3.62. The Kier molecular flexibility index (Phi) is 6.37. The summed E-state index contributed by atoms with van der Waals surface area (Å²) < 4.78 is 1.18. The van der Waals surface area contributed by atoms with Crippen LogP contribution in [0.4, 0.5) is 5.69 Å². The first kappa shape index (κ1) is 15.8. The van der Waals surface area contributed by atoms with Crippen molar-refractivity contribution in [2.75, 3.05) is 24.5 Å². The summed E-state index contributed by atoms with van der Waals surface area (Å²) in [4.78, 5) is 2.58. The minimum Gasteiger partial charge on any atom is -0.371 e. The maximum atomic E-state index is 3.64. The van der Waals surface area contributed by atoms with E-state index in [0.29, 0.717) is 6.04 Å². The summed E-state index contributed by atoms with van der Waals surface area (Å²) in [6.07, 6.45) is 6.58. The summed E-state index contributed by atoms with van der Waals surface area (Å²) in [5.41, 5.74) is 2.85. The van der Waals surface area contributed by atoms with Gasteiger partial charge in [-0.15, -0.1) is 0 Å². The molecule has 1 heterocycles. The fraction of sp³-hybridized carbons (Fsp3) is 0.647. The van der Waals surface area contributed by atoms with Crippen molar-refractivity contribution in [3.05, 3.63) is 28.2 Å². The van der Waals surface area contributed by atoms with Gasteiger partial charge >= 0.3 is 0 Å². The van der Waals surface area contributed by atoms with Gasteiger partial charge < -0.3 is 10.2 Å². The van der Waals surface area contributed by atoms with E-state index in [1.807, 2.05) is 0 Å². The van der Waals surface area contributed by atoms with E-state index in [9.17, 15) is 0 Å². The van der Waals surface area contributed by atoms with Crippen LogP contribution in [0.25, 0.3) is 0 Å². The molecule has 1 N–H and O–H groups in total. The molecule has 112 valence electrons. The molecule has 0 aromatic heterocycles. The van der Waals surface area contributed by atoms with Gasteiger partial charge in [0.05, 0.1) is 0 Å². The Balaban J connectivity index is 2.22. The van der Waals surface area contributed by atoms with Gasteiger partial charge in [0.25, 0.3) is 0 Å². The Bertz CT molecular complexity index is 411. The van der Waals surface area contributed by atoms with Crippen LogP contribution in [0.3, 0.4) is 0 Å². The van der Waals surface area contributed by atoms with Crippen LogP contribution in [0.1, 0.15) is 57.6 Å². The van der Waals surface area contributed by atoms with Crippen molar-refractivity contribution in [1.82, 2.24) is 5.32 Å². The second-order valence-electron chi connectivity index (χ2n) is 5.78. The van der Waals surface area contributed by atoms with E-state index < -0.39 is 0 Å². The number of benzene rings is 1. The molecule has 1 saturated heterocycles. The predicted octanol–water partition coefficient (Wildman–Crippen LogP) is 4.89. The van der Waals surface area contributed by atoms with Gasteiger partial charge in [0.2, 0.25) is 0 Å². The van der Waals surface area contributed by atoms with E-state index in [1.54, 1.807) is 0 Å². The molecule has 1 aliphatic heterocycles. The average Bonchev–Trinajstić information content (AvgIpc) is 2.73. The van der Waals surface area contributed by atoms with Crippen molar-refractivity contribution in [2.24, 2.45) is 0 Å². The molecule has 0 amide bonds. The quantitative estimate of drug-likeness (QED) is 0.822. The monoisotopic (exact) mass is 338 g/mol. The zero-order valence-corrected chi connectivity index (χ0v) is 14.4. The minimum absolute atomic E-state index is 0.418. The molecule has 1 aromatic carbocycles. The number of halogens is 1. The van der Waals surface area contributed by atoms with Crippen LogP contribution in [0, 0.1) is 0 Å². The summed E-state index contributed by atoms with van der Waals surface area (Å²) in [7, 11) is 0. The molecule has 0 saturated carbocycles. The van der Waals surface area contributed by atoms with E-state index in [4.69, 9.17) is 0 Å². The number of hydrogen-bond acceptors (Lipinski definition) is 2. The van der Waals surface area contributed by atoms with Crippen molar-refractivity contribution in [3.8, 4) is 0 Å². The highest BCUT2D eigenvalue weighted by Crippen LogP contribution is 2.31. The maximum absolute atomic E-state index is 3.64. The lowest BCUT2D eigenvalue weighted by Gasteiger charge is -2.28. The lowest BCUT2D eigenvalue weighted by Crippen LogP contribution is -2.27. The van der Waals surface area contributed by atoms with E-state index in [2.05, 4.69) is 58.2 Å². The summed E-state index contributed by atoms with van der Waals surface area (Å²) in [6, 6.07) is 7.16. The molecular weight excluding hydrogens is 312 g/mol. The molecule has 1 atom stereocenters. The third-order valence-corrected chi connectivity index (χ3v) is 4.60. The smallest absolute Gasteiger partial charge is 0.0425 e. The normalized spacial score (nSPS) is 17.9. The van der Waals surface area contributed by atoms with Crippen LogP contribution >= 0.6 is 15.9 Å². The highest BCUT2D eigenvalue weighted by Gasteiger charge is 2.17. The van der Waals surface area contributed by atoms with Crippen molar-refractivity contribution in [2.45, 2.75) is 52.0 Å². The van der Waals surface area contributed by atoms with Gasteiger partial charge in [0, 0.05) is 29.3 Å². The highest BCUT2D eigenvalue weighted by atomic mass is 79.9. The molecule has 3 heteroatoms. The maximum Gasteiger partial charge on any atom is 0.0425 e.